The molecule has 1 aliphatic rings. The molecule has 0 saturated carbocycles. The third-order valence-corrected chi connectivity index (χ3v) is 5.10. The average molecular weight is 390 g/mol. The van der Waals surface area contributed by atoms with Gasteiger partial charge >= 0.3 is 0 Å². The number of aromatic nitrogens is 2. The number of rotatable bonds is 4. The van der Waals surface area contributed by atoms with Gasteiger partial charge in [0.05, 0.1) is 26.2 Å². The highest BCUT2D eigenvalue weighted by Gasteiger charge is 2.22. The zero-order valence-corrected chi connectivity index (χ0v) is 15.7. The molecule has 7 heteroatoms. The van der Waals surface area contributed by atoms with Crippen molar-refractivity contribution in [3.8, 4) is 11.4 Å². The van der Waals surface area contributed by atoms with Crippen molar-refractivity contribution in [2.75, 3.05) is 31.1 Å². The lowest BCUT2D eigenvalue weighted by molar-refractivity contribution is -0.915. The lowest BCUT2D eigenvalue weighted by Crippen LogP contribution is -3.13. The third-order valence-electron chi connectivity index (χ3n) is 4.62. The number of nitrogens with one attached hydrogen (secondary N) is 1. The van der Waals surface area contributed by atoms with Gasteiger partial charge in [0.15, 0.2) is 6.54 Å². The predicted octanol–water partition coefficient (Wildman–Crippen LogP) is 2.95. The standard InChI is InChI=1S/C19H18Cl2N4O/c20-15-6-4-14(5-7-15)19-22-18(26-23-19)13-24-8-10-25(11-9-24)17-3-1-2-16(21)12-17/h1-7,12H,8-11,13H2/p+1. The minimum absolute atomic E-state index is 0.605. The van der Waals surface area contributed by atoms with Crippen LogP contribution in [0.3, 0.4) is 0 Å². The summed E-state index contributed by atoms with van der Waals surface area (Å²) in [7, 11) is 0. The van der Waals surface area contributed by atoms with E-state index in [9.17, 15) is 0 Å². The quantitative estimate of drug-likeness (QED) is 0.744. The van der Waals surface area contributed by atoms with Crippen molar-refractivity contribution in [3.05, 3.63) is 64.5 Å². The molecule has 1 fully saturated rings. The molecule has 134 valence electrons. The van der Waals surface area contributed by atoms with Crippen LogP contribution < -0.4 is 9.80 Å². The van der Waals surface area contributed by atoms with E-state index in [0.717, 1.165) is 43.3 Å². The summed E-state index contributed by atoms with van der Waals surface area (Å²) in [5.41, 5.74) is 2.09. The molecule has 4 rings (SSSR count). The Morgan fingerprint density at radius 1 is 1.00 bits per heavy atom. The van der Waals surface area contributed by atoms with Gasteiger partial charge in [0, 0.05) is 21.3 Å². The van der Waals surface area contributed by atoms with Gasteiger partial charge in [-0.15, -0.1) is 0 Å². The van der Waals surface area contributed by atoms with E-state index in [-0.39, 0.29) is 0 Å². The fourth-order valence-electron chi connectivity index (χ4n) is 3.19. The fraction of sp³-hybridized carbons (Fsp3) is 0.263. The van der Waals surface area contributed by atoms with Gasteiger partial charge in [-0.25, -0.2) is 0 Å². The Kier molecular flexibility index (Phi) is 5.11. The highest BCUT2D eigenvalue weighted by Crippen LogP contribution is 2.20. The molecule has 26 heavy (non-hydrogen) atoms. The monoisotopic (exact) mass is 389 g/mol. The molecule has 2 heterocycles. The second-order valence-electron chi connectivity index (χ2n) is 6.41. The number of quaternary nitrogens is 1. The number of hydrogen-bond acceptors (Lipinski definition) is 4. The molecule has 1 aromatic heterocycles. The van der Waals surface area contributed by atoms with Gasteiger partial charge in [0.2, 0.25) is 5.82 Å². The van der Waals surface area contributed by atoms with Crippen molar-refractivity contribution >= 4 is 28.9 Å². The second kappa shape index (κ2) is 7.66. The minimum Gasteiger partial charge on any atom is -0.360 e. The van der Waals surface area contributed by atoms with Crippen LogP contribution in [-0.4, -0.2) is 36.3 Å². The number of piperazine rings is 1. The van der Waals surface area contributed by atoms with Crippen LogP contribution in [0, 0.1) is 0 Å². The van der Waals surface area contributed by atoms with Crippen LogP contribution >= 0.6 is 23.2 Å². The Hall–Kier alpha value is -2.08. The zero-order valence-electron chi connectivity index (χ0n) is 14.2. The first-order valence-corrected chi connectivity index (χ1v) is 9.35. The Bertz CT molecular complexity index is 873. The molecule has 1 N–H and O–H groups in total. The van der Waals surface area contributed by atoms with Crippen molar-refractivity contribution in [2.24, 2.45) is 0 Å². The number of benzene rings is 2. The van der Waals surface area contributed by atoms with Crippen molar-refractivity contribution in [1.29, 1.82) is 0 Å². The maximum atomic E-state index is 6.09. The third kappa shape index (κ3) is 4.01. The van der Waals surface area contributed by atoms with Crippen LogP contribution in [0.15, 0.2) is 53.1 Å². The summed E-state index contributed by atoms with van der Waals surface area (Å²) < 4.78 is 5.43. The summed E-state index contributed by atoms with van der Waals surface area (Å²) in [6.07, 6.45) is 0. The molecule has 0 radical (unpaired) electrons. The maximum absolute atomic E-state index is 6.09. The van der Waals surface area contributed by atoms with Crippen molar-refractivity contribution < 1.29 is 9.42 Å². The molecular weight excluding hydrogens is 371 g/mol. The van der Waals surface area contributed by atoms with Crippen LogP contribution in [0.4, 0.5) is 5.69 Å². The molecule has 2 aromatic carbocycles. The van der Waals surface area contributed by atoms with E-state index in [2.05, 4.69) is 21.1 Å². The van der Waals surface area contributed by atoms with E-state index in [1.165, 1.54) is 10.6 Å². The number of nitrogens with zero attached hydrogens (tertiary/aromatic N) is 3. The van der Waals surface area contributed by atoms with Gasteiger partial charge in [-0.2, -0.15) is 4.98 Å². The lowest BCUT2D eigenvalue weighted by Gasteiger charge is -2.33. The first-order valence-electron chi connectivity index (χ1n) is 8.60. The van der Waals surface area contributed by atoms with Gasteiger partial charge in [0.25, 0.3) is 5.89 Å². The van der Waals surface area contributed by atoms with Gasteiger partial charge in [-0.3, -0.25) is 0 Å². The molecule has 0 amide bonds. The smallest absolute Gasteiger partial charge is 0.282 e. The highest BCUT2D eigenvalue weighted by molar-refractivity contribution is 6.31. The molecule has 0 unspecified atom stereocenters. The normalized spacial score (nSPS) is 15.4. The fourth-order valence-corrected chi connectivity index (χ4v) is 3.50. The average Bonchev–Trinajstić information content (AvgIpc) is 3.11. The molecule has 0 spiro atoms. The SMILES string of the molecule is Clc1ccc(-c2noc(C[NH+]3CCN(c4cccc(Cl)c4)CC3)n2)cc1. The summed E-state index contributed by atoms with van der Waals surface area (Å²) in [5, 5.41) is 5.56. The number of halogens is 2. The van der Waals surface area contributed by atoms with Crippen LogP contribution in [0.5, 0.6) is 0 Å². The van der Waals surface area contributed by atoms with Crippen LogP contribution in [0.2, 0.25) is 10.0 Å². The first kappa shape index (κ1) is 17.3. The van der Waals surface area contributed by atoms with E-state index in [1.807, 2.05) is 42.5 Å². The van der Waals surface area contributed by atoms with E-state index >= 15 is 0 Å². The highest BCUT2D eigenvalue weighted by atomic mass is 35.5. The summed E-state index contributed by atoms with van der Waals surface area (Å²) in [5.74, 6) is 1.27. The molecule has 0 atom stereocenters. The molecule has 1 aliphatic heterocycles. The molecular formula is C19H19Cl2N4O+. The summed E-state index contributed by atoms with van der Waals surface area (Å²) in [6.45, 7) is 4.74. The Morgan fingerprint density at radius 2 is 1.77 bits per heavy atom. The lowest BCUT2D eigenvalue weighted by atomic mass is 10.2. The van der Waals surface area contributed by atoms with E-state index < -0.39 is 0 Å². The number of hydrogen-bond donors (Lipinski definition) is 1. The molecule has 1 saturated heterocycles. The van der Waals surface area contributed by atoms with E-state index in [4.69, 9.17) is 27.7 Å². The topological polar surface area (TPSA) is 46.6 Å². The molecule has 0 bridgehead atoms. The maximum Gasteiger partial charge on any atom is 0.282 e. The van der Waals surface area contributed by atoms with E-state index in [1.54, 1.807) is 0 Å². The van der Waals surface area contributed by atoms with Crippen LogP contribution in [0.25, 0.3) is 11.4 Å². The van der Waals surface area contributed by atoms with Crippen molar-refractivity contribution in [1.82, 2.24) is 10.1 Å². The Labute approximate surface area is 162 Å². The molecule has 3 aromatic rings. The predicted molar refractivity (Wildman–Crippen MR) is 103 cm³/mol. The summed E-state index contributed by atoms with van der Waals surface area (Å²) in [4.78, 5) is 8.32. The van der Waals surface area contributed by atoms with Crippen LogP contribution in [0.1, 0.15) is 5.89 Å². The molecule has 0 aliphatic carbocycles. The number of anilines is 1. The van der Waals surface area contributed by atoms with Gasteiger partial charge in [0.1, 0.15) is 0 Å². The second-order valence-corrected chi connectivity index (χ2v) is 7.29. The zero-order chi connectivity index (χ0) is 17.9. The minimum atomic E-state index is 0.605. The molecule has 5 nitrogen and oxygen atoms in total. The van der Waals surface area contributed by atoms with Gasteiger partial charge in [-0.05, 0) is 42.5 Å². The largest absolute Gasteiger partial charge is 0.360 e. The summed E-state index contributed by atoms with van der Waals surface area (Å²) in [6, 6.07) is 15.5. The first-order chi connectivity index (χ1) is 12.7. The summed E-state index contributed by atoms with van der Waals surface area (Å²) >= 11 is 12.0. The van der Waals surface area contributed by atoms with Crippen molar-refractivity contribution in [2.45, 2.75) is 6.54 Å². The Balaban J connectivity index is 1.35. The van der Waals surface area contributed by atoms with E-state index in [0.29, 0.717) is 16.7 Å². The van der Waals surface area contributed by atoms with Crippen molar-refractivity contribution in [3.63, 3.8) is 0 Å². The van der Waals surface area contributed by atoms with Crippen LogP contribution in [-0.2, 0) is 6.54 Å². The van der Waals surface area contributed by atoms with Gasteiger partial charge < -0.3 is 14.3 Å². The van der Waals surface area contributed by atoms with Gasteiger partial charge in [-0.1, -0.05) is 34.4 Å². The Morgan fingerprint density at radius 3 is 2.50 bits per heavy atom.